The van der Waals surface area contributed by atoms with E-state index < -0.39 is 15.8 Å². The number of nitrogens with zero attached hydrogens (tertiary/aromatic N) is 2. The highest BCUT2D eigenvalue weighted by Crippen LogP contribution is 2.33. The molecular weight excluding hydrogens is 462 g/mol. The van der Waals surface area contributed by atoms with E-state index in [0.29, 0.717) is 37.6 Å². The predicted octanol–water partition coefficient (Wildman–Crippen LogP) is 2.50. The molecule has 2 aromatic carbocycles. The number of carbonyl (C=O) groups excluding carboxylic acids is 2. The average Bonchev–Trinajstić information content (AvgIpc) is 2.83. The van der Waals surface area contributed by atoms with E-state index >= 15 is 0 Å². The third-order valence-electron chi connectivity index (χ3n) is 5.84. The Morgan fingerprint density at radius 3 is 2.64 bits per heavy atom. The predicted molar refractivity (Wildman–Crippen MR) is 129 cm³/mol. The number of nitrogens with one attached hydrogen (secondary N) is 1. The summed E-state index contributed by atoms with van der Waals surface area (Å²) in [4.78, 5) is 29.5. The lowest BCUT2D eigenvalue weighted by atomic mass is 10.1. The average molecular weight is 490 g/mol. The molecule has 0 spiro atoms. The van der Waals surface area contributed by atoms with Crippen molar-refractivity contribution in [3.63, 3.8) is 0 Å². The van der Waals surface area contributed by atoms with Gasteiger partial charge in [-0.15, -0.1) is 11.8 Å². The van der Waals surface area contributed by atoms with Gasteiger partial charge in [0.2, 0.25) is 11.8 Å². The van der Waals surface area contributed by atoms with Crippen molar-refractivity contribution in [3.05, 3.63) is 42.5 Å². The van der Waals surface area contributed by atoms with Crippen LogP contribution in [0.5, 0.6) is 5.75 Å². The van der Waals surface area contributed by atoms with Gasteiger partial charge in [0.25, 0.3) is 0 Å². The van der Waals surface area contributed by atoms with Crippen LogP contribution in [0, 0.1) is 5.92 Å². The summed E-state index contributed by atoms with van der Waals surface area (Å²) in [6.07, 6.45) is 0. The molecule has 1 N–H and O–H groups in total. The van der Waals surface area contributed by atoms with Crippen molar-refractivity contribution in [3.8, 4) is 5.75 Å². The van der Waals surface area contributed by atoms with E-state index in [1.807, 2.05) is 24.3 Å². The van der Waals surface area contributed by atoms with E-state index in [1.165, 1.54) is 17.8 Å². The van der Waals surface area contributed by atoms with Gasteiger partial charge in [0.1, 0.15) is 5.75 Å². The number of benzene rings is 2. The number of hydrogen-bond donors (Lipinski definition) is 1. The molecule has 2 aliphatic heterocycles. The van der Waals surface area contributed by atoms with Crippen LogP contribution in [-0.4, -0.2) is 69.9 Å². The first-order valence-corrected chi connectivity index (χ1v) is 13.4. The summed E-state index contributed by atoms with van der Waals surface area (Å²) in [6.45, 7) is 4.05. The minimum atomic E-state index is -3.69. The minimum Gasteiger partial charge on any atom is -0.497 e. The van der Waals surface area contributed by atoms with E-state index in [-0.39, 0.29) is 22.5 Å². The summed E-state index contributed by atoms with van der Waals surface area (Å²) >= 11 is 1.38. The zero-order valence-electron chi connectivity index (χ0n) is 18.6. The van der Waals surface area contributed by atoms with Gasteiger partial charge in [-0.05, 0) is 30.3 Å². The van der Waals surface area contributed by atoms with Crippen LogP contribution in [0.25, 0.3) is 0 Å². The summed E-state index contributed by atoms with van der Waals surface area (Å²) in [5.41, 5.74) is 1.54. The van der Waals surface area contributed by atoms with Crippen molar-refractivity contribution in [2.24, 2.45) is 5.92 Å². The highest BCUT2D eigenvalue weighted by atomic mass is 32.2. The second-order valence-electron chi connectivity index (χ2n) is 8.19. The van der Waals surface area contributed by atoms with Crippen LogP contribution in [0.1, 0.15) is 6.92 Å². The fourth-order valence-electron chi connectivity index (χ4n) is 4.06. The first kappa shape index (κ1) is 23.4. The van der Waals surface area contributed by atoms with Gasteiger partial charge >= 0.3 is 0 Å². The number of carbonyl (C=O) groups is 2. The molecule has 33 heavy (non-hydrogen) atoms. The van der Waals surface area contributed by atoms with Gasteiger partial charge in [0, 0.05) is 48.7 Å². The van der Waals surface area contributed by atoms with E-state index in [9.17, 15) is 18.0 Å². The van der Waals surface area contributed by atoms with Crippen LogP contribution in [-0.2, 0) is 19.4 Å². The number of rotatable bonds is 6. The maximum absolute atomic E-state index is 13.0. The van der Waals surface area contributed by atoms with Crippen molar-refractivity contribution < 1.29 is 22.7 Å². The number of hydrogen-bond acceptors (Lipinski definition) is 7. The number of methoxy groups -OCH3 is 1. The lowest BCUT2D eigenvalue weighted by Crippen LogP contribution is -2.50. The highest BCUT2D eigenvalue weighted by Gasteiger charge is 2.30. The number of ether oxygens (including phenoxy) is 1. The third-order valence-corrected chi connectivity index (χ3v) is 8.83. The number of sulfone groups is 1. The molecule has 1 fully saturated rings. The quantitative estimate of drug-likeness (QED) is 0.666. The molecule has 0 aromatic heterocycles. The van der Waals surface area contributed by atoms with E-state index in [0.717, 1.165) is 16.3 Å². The van der Waals surface area contributed by atoms with Crippen molar-refractivity contribution in [1.82, 2.24) is 4.90 Å². The molecule has 2 heterocycles. The van der Waals surface area contributed by atoms with Crippen LogP contribution < -0.4 is 15.0 Å². The smallest absolute Gasteiger partial charge is 0.234 e. The number of thioether (sulfide) groups is 1. The van der Waals surface area contributed by atoms with Gasteiger partial charge in [-0.1, -0.05) is 13.0 Å². The number of piperazine rings is 1. The Morgan fingerprint density at radius 1 is 1.15 bits per heavy atom. The van der Waals surface area contributed by atoms with Gasteiger partial charge in [-0.25, -0.2) is 8.42 Å². The Balaban J connectivity index is 1.37. The second kappa shape index (κ2) is 9.64. The summed E-state index contributed by atoms with van der Waals surface area (Å²) in [5, 5.41) is 2.71. The number of fused-ring (bicyclic) bond motifs is 1. The molecule has 176 valence electrons. The molecule has 1 saturated heterocycles. The molecule has 4 rings (SSSR count). The van der Waals surface area contributed by atoms with Gasteiger partial charge in [0.05, 0.1) is 29.2 Å². The van der Waals surface area contributed by atoms with Gasteiger partial charge in [0.15, 0.2) is 9.84 Å². The molecule has 0 aliphatic carbocycles. The van der Waals surface area contributed by atoms with Crippen LogP contribution in [0.2, 0.25) is 0 Å². The molecular formula is C23H27N3O5S2. The zero-order chi connectivity index (χ0) is 23.6. The van der Waals surface area contributed by atoms with Crippen molar-refractivity contribution >= 4 is 44.8 Å². The second-order valence-corrected chi connectivity index (χ2v) is 11.2. The topological polar surface area (TPSA) is 96.0 Å². The Morgan fingerprint density at radius 2 is 1.91 bits per heavy atom. The maximum Gasteiger partial charge on any atom is 0.234 e. The van der Waals surface area contributed by atoms with Gasteiger partial charge < -0.3 is 19.9 Å². The molecule has 2 aliphatic rings. The number of anilines is 2. The Hall–Kier alpha value is -2.72. The third kappa shape index (κ3) is 5.27. The Bertz CT molecular complexity index is 1160. The van der Waals surface area contributed by atoms with Gasteiger partial charge in [-0.3, -0.25) is 9.59 Å². The number of amides is 2. The molecule has 0 bridgehead atoms. The van der Waals surface area contributed by atoms with E-state index in [4.69, 9.17) is 4.74 Å². The molecule has 2 amide bonds. The first-order chi connectivity index (χ1) is 15.8. The maximum atomic E-state index is 13.0. The fourth-order valence-corrected chi connectivity index (χ4v) is 6.41. The van der Waals surface area contributed by atoms with Crippen molar-refractivity contribution in [2.75, 3.05) is 55.0 Å². The SMILES string of the molecule is COc1cccc(N2CCN(C(=O)C(C)CS(=O)(=O)c3ccc4c(c3)NC(=O)CS4)CC2)c1. The monoisotopic (exact) mass is 489 g/mol. The first-order valence-electron chi connectivity index (χ1n) is 10.7. The standard InChI is InChI=1S/C23H27N3O5S2/c1-16(15-33(29,30)19-6-7-21-20(13-19)24-22(27)14-32-21)23(28)26-10-8-25(9-11-26)17-4-3-5-18(12-17)31-2/h3-7,12-13,16H,8-11,14-15H2,1-2H3,(H,24,27). The molecule has 2 aromatic rings. The van der Waals surface area contributed by atoms with Crippen LogP contribution in [0.3, 0.4) is 0 Å². The van der Waals surface area contributed by atoms with Crippen molar-refractivity contribution in [1.29, 1.82) is 0 Å². The van der Waals surface area contributed by atoms with Crippen LogP contribution in [0.15, 0.2) is 52.3 Å². The molecule has 0 radical (unpaired) electrons. The highest BCUT2D eigenvalue weighted by molar-refractivity contribution is 8.00. The van der Waals surface area contributed by atoms with Crippen LogP contribution in [0.4, 0.5) is 11.4 Å². The summed E-state index contributed by atoms with van der Waals surface area (Å²) in [5.74, 6) is -0.162. The molecule has 0 saturated carbocycles. The fraction of sp³-hybridized carbons (Fsp3) is 0.391. The Labute approximate surface area is 198 Å². The minimum absolute atomic E-state index is 0.117. The lowest BCUT2D eigenvalue weighted by molar-refractivity contribution is -0.134. The van der Waals surface area contributed by atoms with Crippen molar-refractivity contribution in [2.45, 2.75) is 16.7 Å². The lowest BCUT2D eigenvalue weighted by Gasteiger charge is -2.37. The van der Waals surface area contributed by atoms with Crippen LogP contribution >= 0.6 is 11.8 Å². The molecule has 1 unspecified atom stereocenters. The Kier molecular flexibility index (Phi) is 6.85. The largest absolute Gasteiger partial charge is 0.497 e. The van der Waals surface area contributed by atoms with E-state index in [1.54, 1.807) is 31.1 Å². The zero-order valence-corrected chi connectivity index (χ0v) is 20.2. The molecule has 1 atom stereocenters. The van der Waals surface area contributed by atoms with Gasteiger partial charge in [-0.2, -0.15) is 0 Å². The molecule has 10 heteroatoms. The van der Waals surface area contributed by atoms with E-state index in [2.05, 4.69) is 10.2 Å². The summed E-state index contributed by atoms with van der Waals surface area (Å²) in [6, 6.07) is 12.5. The molecule has 8 nitrogen and oxygen atoms in total. The normalized spacial score (nSPS) is 17.2. The summed E-state index contributed by atoms with van der Waals surface area (Å²) in [7, 11) is -2.06. The summed E-state index contributed by atoms with van der Waals surface area (Å²) < 4.78 is 31.3.